The van der Waals surface area contributed by atoms with Gasteiger partial charge in [-0.3, -0.25) is 0 Å². The van der Waals surface area contributed by atoms with Crippen LogP contribution < -0.4 is 0 Å². The molecule has 7 heteroatoms. The van der Waals surface area contributed by atoms with Crippen molar-refractivity contribution < 1.29 is 17.6 Å². The lowest BCUT2D eigenvalue weighted by atomic mass is 10.2. The maximum absolute atomic E-state index is 12.5. The number of alkyl halides is 3. The van der Waals surface area contributed by atoms with Crippen LogP contribution in [0.4, 0.5) is 13.2 Å². The molecule has 0 saturated heterocycles. The van der Waals surface area contributed by atoms with Gasteiger partial charge in [-0.15, -0.1) is 0 Å². The van der Waals surface area contributed by atoms with Crippen LogP contribution in [0.1, 0.15) is 10.7 Å². The van der Waals surface area contributed by atoms with E-state index in [1.807, 2.05) is 25.2 Å². The summed E-state index contributed by atoms with van der Waals surface area (Å²) in [7, 11) is -4.29. The van der Waals surface area contributed by atoms with Gasteiger partial charge in [-0.05, 0) is 36.0 Å². The third-order valence-corrected chi connectivity index (χ3v) is 13.0. The summed E-state index contributed by atoms with van der Waals surface area (Å²) < 4.78 is 42.9. The number of benzene rings is 1. The number of halogens is 4. The van der Waals surface area contributed by atoms with E-state index in [1.54, 1.807) is 12.1 Å². The van der Waals surface area contributed by atoms with Gasteiger partial charge in [-0.2, -0.15) is 13.2 Å². The molecule has 1 atom stereocenters. The van der Waals surface area contributed by atoms with Crippen molar-refractivity contribution in [3.8, 4) is 0 Å². The molecule has 21 heavy (non-hydrogen) atoms. The fourth-order valence-electron chi connectivity index (χ4n) is 2.95. The molecule has 0 aliphatic carbocycles. The highest BCUT2D eigenvalue weighted by atomic mass is 35.5. The molecule has 0 fully saturated rings. The second-order valence-electron chi connectivity index (χ2n) is 6.86. The molecule has 1 aromatic carbocycles. The summed E-state index contributed by atoms with van der Waals surface area (Å²) in [4.78, 5) is 0. The second kappa shape index (κ2) is 6.44. The Balaban J connectivity index is 3.10. The highest BCUT2D eigenvalue weighted by Gasteiger charge is 2.45. The summed E-state index contributed by atoms with van der Waals surface area (Å²) >= 11 is 5.91. The predicted molar refractivity (Wildman–Crippen MR) is 87.0 cm³/mol. The molecule has 1 rings (SSSR count). The fourth-order valence-corrected chi connectivity index (χ4v) is 14.6. The summed E-state index contributed by atoms with van der Waals surface area (Å²) in [6.07, 6.45) is -4.28. The summed E-state index contributed by atoms with van der Waals surface area (Å²) in [5.41, 5.74) is 1.04. The molecule has 0 spiro atoms. The maximum Gasteiger partial charge on any atom is 0.410 e. The van der Waals surface area contributed by atoms with Crippen LogP contribution in [0.3, 0.4) is 0 Å². The van der Waals surface area contributed by atoms with Crippen LogP contribution in [0.2, 0.25) is 37.8 Å². The molecule has 0 heterocycles. The van der Waals surface area contributed by atoms with Crippen LogP contribution >= 0.6 is 11.6 Å². The van der Waals surface area contributed by atoms with Gasteiger partial charge in [0.25, 0.3) is 0 Å². The molecule has 1 nitrogen and oxygen atoms in total. The Bertz CT molecular complexity index is 467. The minimum absolute atomic E-state index is 0.0737. The van der Waals surface area contributed by atoms with Crippen LogP contribution in [-0.2, 0) is 4.43 Å². The summed E-state index contributed by atoms with van der Waals surface area (Å²) in [6.45, 7) is 9.07. The molecule has 0 aliphatic rings. The van der Waals surface area contributed by atoms with Gasteiger partial charge in [-0.25, -0.2) is 0 Å². The summed E-state index contributed by atoms with van der Waals surface area (Å²) in [6, 6.07) is 7.41. The first-order valence-electron chi connectivity index (χ1n) is 6.79. The zero-order valence-corrected chi connectivity index (χ0v) is 15.8. The third-order valence-electron chi connectivity index (χ3n) is 3.37. The van der Waals surface area contributed by atoms with Crippen molar-refractivity contribution >= 4 is 28.0 Å². The quantitative estimate of drug-likeness (QED) is 0.623. The van der Waals surface area contributed by atoms with Gasteiger partial charge >= 0.3 is 6.18 Å². The SMILES string of the molecule is C[Si](C)(C)C(c1ccc(Cl)cc1)[Si](C)(C)OCC(F)(F)F. The first-order chi connectivity index (χ1) is 9.33. The van der Waals surface area contributed by atoms with E-state index in [2.05, 4.69) is 19.6 Å². The normalized spacial score (nSPS) is 15.1. The summed E-state index contributed by atoms with van der Waals surface area (Å²) in [5.74, 6) is 0. The van der Waals surface area contributed by atoms with Crippen LogP contribution in [0, 0.1) is 0 Å². The average Bonchev–Trinajstić information content (AvgIpc) is 2.27. The fraction of sp³-hybridized carbons (Fsp3) is 0.571. The molecule has 0 bridgehead atoms. The Labute approximate surface area is 131 Å². The second-order valence-corrected chi connectivity index (χ2v) is 17.3. The number of hydrogen-bond donors (Lipinski definition) is 0. The molecule has 1 aromatic rings. The van der Waals surface area contributed by atoms with Crippen LogP contribution in [-0.4, -0.2) is 29.2 Å². The van der Waals surface area contributed by atoms with Gasteiger partial charge in [-0.1, -0.05) is 43.4 Å². The van der Waals surface area contributed by atoms with Gasteiger partial charge in [0, 0.05) is 5.02 Å². The average molecular weight is 355 g/mol. The highest BCUT2D eigenvalue weighted by molar-refractivity contribution is 6.94. The Morgan fingerprint density at radius 1 is 1.05 bits per heavy atom. The molecule has 0 amide bonds. The van der Waals surface area contributed by atoms with Crippen molar-refractivity contribution in [2.75, 3.05) is 6.61 Å². The van der Waals surface area contributed by atoms with E-state index in [0.29, 0.717) is 5.02 Å². The van der Waals surface area contributed by atoms with E-state index in [-0.39, 0.29) is 5.16 Å². The lowest BCUT2D eigenvalue weighted by Crippen LogP contribution is -2.51. The Morgan fingerprint density at radius 2 is 1.52 bits per heavy atom. The van der Waals surface area contributed by atoms with Crippen LogP contribution in [0.25, 0.3) is 0 Å². The maximum atomic E-state index is 12.5. The smallest absolute Gasteiger partial charge is 0.408 e. The number of hydrogen-bond acceptors (Lipinski definition) is 1. The number of rotatable bonds is 5. The largest absolute Gasteiger partial charge is 0.410 e. The van der Waals surface area contributed by atoms with Gasteiger partial charge in [0.2, 0.25) is 0 Å². The van der Waals surface area contributed by atoms with Crippen LogP contribution in [0.5, 0.6) is 0 Å². The summed E-state index contributed by atoms with van der Waals surface area (Å²) in [5, 5.41) is 0.702. The molecule has 0 aliphatic heterocycles. The standard InChI is InChI=1S/C14H22ClF3OSi2/c1-20(2,3)13(11-6-8-12(15)9-7-11)21(4,5)19-10-14(16,17)18/h6-9,13H,10H2,1-5H3. The highest BCUT2D eigenvalue weighted by Crippen LogP contribution is 2.37. The first kappa shape index (κ1) is 18.7. The van der Waals surface area contributed by atoms with Gasteiger partial charge in [0.05, 0.1) is 8.07 Å². The minimum Gasteiger partial charge on any atom is -0.408 e. The lowest BCUT2D eigenvalue weighted by Gasteiger charge is -2.40. The van der Waals surface area contributed by atoms with Gasteiger partial charge < -0.3 is 4.43 Å². The van der Waals surface area contributed by atoms with Gasteiger partial charge in [0.15, 0.2) is 8.32 Å². The van der Waals surface area contributed by atoms with E-state index in [1.165, 1.54) is 0 Å². The van der Waals surface area contributed by atoms with E-state index in [0.717, 1.165) is 5.56 Å². The molecule has 0 N–H and O–H groups in total. The monoisotopic (exact) mass is 354 g/mol. The Kier molecular flexibility index (Phi) is 5.75. The van der Waals surface area contributed by atoms with Crippen molar-refractivity contribution in [3.05, 3.63) is 34.9 Å². The lowest BCUT2D eigenvalue weighted by molar-refractivity contribution is -0.155. The van der Waals surface area contributed by atoms with Crippen molar-refractivity contribution in [1.82, 2.24) is 0 Å². The molecule has 120 valence electrons. The molecule has 1 unspecified atom stereocenters. The molecular weight excluding hydrogens is 333 g/mol. The van der Waals surface area contributed by atoms with E-state index in [9.17, 15) is 13.2 Å². The Morgan fingerprint density at radius 3 is 1.90 bits per heavy atom. The molecule has 0 radical (unpaired) electrons. The Hall–Kier alpha value is -0.306. The van der Waals surface area contributed by atoms with Crippen molar-refractivity contribution in [3.63, 3.8) is 0 Å². The molecular formula is C14H22ClF3OSi2. The van der Waals surface area contributed by atoms with Crippen molar-refractivity contribution in [2.24, 2.45) is 0 Å². The molecule has 0 aromatic heterocycles. The van der Waals surface area contributed by atoms with Crippen molar-refractivity contribution in [1.29, 1.82) is 0 Å². The van der Waals surface area contributed by atoms with Crippen LogP contribution in [0.15, 0.2) is 24.3 Å². The van der Waals surface area contributed by atoms with E-state index in [4.69, 9.17) is 16.0 Å². The zero-order valence-electron chi connectivity index (χ0n) is 13.0. The first-order valence-corrected chi connectivity index (χ1v) is 13.7. The topological polar surface area (TPSA) is 9.23 Å². The van der Waals surface area contributed by atoms with E-state index < -0.39 is 29.2 Å². The third kappa shape index (κ3) is 5.77. The van der Waals surface area contributed by atoms with Crippen molar-refractivity contribution in [2.45, 2.75) is 44.1 Å². The minimum atomic E-state index is -4.28. The zero-order chi connectivity index (χ0) is 16.5. The van der Waals surface area contributed by atoms with E-state index >= 15 is 0 Å². The predicted octanol–water partition coefficient (Wildman–Crippen LogP) is 5.62. The molecule has 0 saturated carbocycles. The van der Waals surface area contributed by atoms with Gasteiger partial charge in [0.1, 0.15) is 6.61 Å².